The molecule has 0 amide bonds. The molecular formula is C14H23N5. The molecule has 0 fully saturated rings. The fourth-order valence-corrected chi connectivity index (χ4v) is 1.56. The van der Waals surface area contributed by atoms with Crippen LogP contribution in [0.3, 0.4) is 0 Å². The molecule has 5 heteroatoms. The maximum Gasteiger partial charge on any atom is 0.135 e. The predicted octanol–water partition coefficient (Wildman–Crippen LogP) is 2.77. The number of rotatable bonds is 6. The average Bonchev–Trinajstić information content (AvgIpc) is 2.80. The fourth-order valence-electron chi connectivity index (χ4n) is 1.56. The molecule has 0 radical (unpaired) electrons. The maximum absolute atomic E-state index is 4.31. The van der Waals surface area contributed by atoms with E-state index in [1.165, 1.54) is 6.34 Å². The van der Waals surface area contributed by atoms with Crippen LogP contribution in [-0.2, 0) is 7.05 Å². The van der Waals surface area contributed by atoms with E-state index in [0.29, 0.717) is 5.92 Å². The van der Waals surface area contributed by atoms with Crippen molar-refractivity contribution >= 4 is 18.6 Å². The third-order valence-electron chi connectivity index (χ3n) is 3.13. The van der Waals surface area contributed by atoms with Crippen molar-refractivity contribution in [1.29, 1.82) is 0 Å². The first-order chi connectivity index (χ1) is 8.95. The Morgan fingerprint density at radius 2 is 2.16 bits per heavy atom. The molecule has 0 saturated heterocycles. The molecule has 1 aromatic heterocycles. The summed E-state index contributed by atoms with van der Waals surface area (Å²) in [5, 5.41) is 10.4. The molecule has 104 valence electrons. The van der Waals surface area contributed by atoms with Gasteiger partial charge in [0.2, 0.25) is 0 Å². The van der Waals surface area contributed by atoms with Crippen LogP contribution in [0.15, 0.2) is 28.7 Å². The first-order valence-corrected chi connectivity index (χ1v) is 6.39. The van der Waals surface area contributed by atoms with E-state index < -0.39 is 0 Å². The lowest BCUT2D eigenvalue weighted by Gasteiger charge is -2.26. The smallest absolute Gasteiger partial charge is 0.135 e. The van der Waals surface area contributed by atoms with E-state index in [4.69, 9.17) is 0 Å². The number of hydrogen-bond donors (Lipinski definition) is 0. The Balaban J connectivity index is 2.98. The fraction of sp³-hybridized carbons (Fsp3) is 0.500. The third-order valence-corrected chi connectivity index (χ3v) is 3.13. The van der Waals surface area contributed by atoms with E-state index >= 15 is 0 Å². The largest absolute Gasteiger partial charge is 0.275 e. The van der Waals surface area contributed by atoms with Crippen LogP contribution in [0.5, 0.6) is 0 Å². The molecule has 0 unspecified atom stereocenters. The number of hydrogen-bond acceptors (Lipinski definition) is 3. The predicted molar refractivity (Wildman–Crippen MR) is 81.0 cm³/mol. The monoisotopic (exact) mass is 261 g/mol. The molecule has 0 aliphatic rings. The van der Waals surface area contributed by atoms with E-state index in [1.807, 2.05) is 37.6 Å². The zero-order chi connectivity index (χ0) is 14.4. The molecule has 0 aliphatic carbocycles. The summed E-state index contributed by atoms with van der Waals surface area (Å²) in [6.45, 7) is 11.9. The van der Waals surface area contributed by atoms with Gasteiger partial charge in [0.05, 0.1) is 12.2 Å². The van der Waals surface area contributed by atoms with Crippen LogP contribution in [0.25, 0.3) is 5.57 Å². The average molecular weight is 261 g/mol. The first-order valence-electron chi connectivity index (χ1n) is 6.39. The molecule has 1 rings (SSSR count). The van der Waals surface area contributed by atoms with Crippen molar-refractivity contribution in [3.8, 4) is 0 Å². The quantitative estimate of drug-likeness (QED) is 0.449. The number of nitrogens with zero attached hydrogens (tertiary/aromatic N) is 5. The topological polar surface area (TPSA) is 45.8 Å². The molecule has 0 saturated carbocycles. The van der Waals surface area contributed by atoms with E-state index in [1.54, 1.807) is 4.68 Å². The minimum absolute atomic E-state index is 0.282. The normalized spacial score (nSPS) is 14.1. The van der Waals surface area contributed by atoms with Gasteiger partial charge in [-0.1, -0.05) is 13.8 Å². The molecule has 0 aromatic carbocycles. The van der Waals surface area contributed by atoms with Crippen LogP contribution < -0.4 is 0 Å². The van der Waals surface area contributed by atoms with Crippen LogP contribution in [0.1, 0.15) is 33.3 Å². The maximum atomic E-state index is 4.31. The van der Waals surface area contributed by atoms with Crippen molar-refractivity contribution in [3.63, 3.8) is 0 Å². The van der Waals surface area contributed by atoms with Crippen molar-refractivity contribution in [2.45, 2.75) is 33.7 Å². The summed E-state index contributed by atoms with van der Waals surface area (Å²) in [6, 6.07) is 0.282. The van der Waals surface area contributed by atoms with Crippen LogP contribution in [0, 0.1) is 5.92 Å². The number of aromatic nitrogens is 2. The molecule has 1 heterocycles. The van der Waals surface area contributed by atoms with E-state index in [-0.39, 0.29) is 6.04 Å². The Morgan fingerprint density at radius 1 is 1.47 bits per heavy atom. The second-order valence-electron chi connectivity index (χ2n) is 4.99. The van der Waals surface area contributed by atoms with Crippen molar-refractivity contribution in [1.82, 2.24) is 14.8 Å². The summed E-state index contributed by atoms with van der Waals surface area (Å²) < 4.78 is 1.79. The van der Waals surface area contributed by atoms with Crippen LogP contribution in [0.2, 0.25) is 0 Å². The Labute approximate surface area is 115 Å². The first kappa shape index (κ1) is 15.1. The summed E-state index contributed by atoms with van der Waals surface area (Å²) >= 11 is 0. The van der Waals surface area contributed by atoms with Crippen molar-refractivity contribution in [2.24, 2.45) is 23.1 Å². The molecule has 0 N–H and O–H groups in total. The van der Waals surface area contributed by atoms with E-state index in [9.17, 15) is 0 Å². The Hall–Kier alpha value is -1.91. The highest BCUT2D eigenvalue weighted by atomic mass is 15.5. The van der Waals surface area contributed by atoms with Crippen molar-refractivity contribution in [3.05, 3.63) is 24.2 Å². The van der Waals surface area contributed by atoms with Crippen LogP contribution in [-0.4, -0.2) is 33.9 Å². The standard InChI is InChI=1S/C14H23N5/c1-11(2)13(4)19(17-10-15-5)8-12(3)14-7-16-18(6)9-14/h7-11,13H,5H2,1-4,6H3/b12-8+,17-10-/t13-/m1/s1. The Bertz CT molecular complexity index is 470. The van der Waals surface area contributed by atoms with Crippen molar-refractivity contribution < 1.29 is 0 Å². The second kappa shape index (κ2) is 6.87. The van der Waals surface area contributed by atoms with Gasteiger partial charge in [0, 0.05) is 25.0 Å². The van der Waals surface area contributed by atoms with Gasteiger partial charge in [0.15, 0.2) is 0 Å². The van der Waals surface area contributed by atoms with Gasteiger partial charge < -0.3 is 0 Å². The summed E-state index contributed by atoms with van der Waals surface area (Å²) in [7, 11) is 1.91. The lowest BCUT2D eigenvalue weighted by Crippen LogP contribution is -2.28. The zero-order valence-corrected chi connectivity index (χ0v) is 12.4. The number of aliphatic imine (C=N–C) groups is 1. The highest BCUT2D eigenvalue weighted by molar-refractivity contribution is 5.63. The third kappa shape index (κ3) is 4.35. The number of allylic oxidation sites excluding steroid dienone is 1. The van der Waals surface area contributed by atoms with E-state index in [0.717, 1.165) is 11.1 Å². The summed E-state index contributed by atoms with van der Waals surface area (Å²) in [4.78, 5) is 3.67. The van der Waals surface area contributed by atoms with Gasteiger partial charge in [0.25, 0.3) is 0 Å². The summed E-state index contributed by atoms with van der Waals surface area (Å²) in [6.07, 6.45) is 7.31. The van der Waals surface area contributed by atoms with Gasteiger partial charge in [0.1, 0.15) is 6.34 Å². The van der Waals surface area contributed by atoms with Gasteiger partial charge in [-0.2, -0.15) is 10.2 Å². The van der Waals surface area contributed by atoms with Crippen LogP contribution >= 0.6 is 0 Å². The zero-order valence-electron chi connectivity index (χ0n) is 12.4. The van der Waals surface area contributed by atoms with Gasteiger partial charge in [-0.3, -0.25) is 14.7 Å². The Morgan fingerprint density at radius 3 is 2.63 bits per heavy atom. The minimum atomic E-state index is 0.282. The summed E-state index contributed by atoms with van der Waals surface area (Å²) in [5.41, 5.74) is 2.20. The molecule has 1 aromatic rings. The Kier molecular flexibility index (Phi) is 5.48. The van der Waals surface area contributed by atoms with Crippen molar-refractivity contribution in [2.75, 3.05) is 0 Å². The van der Waals surface area contributed by atoms with Gasteiger partial charge in [-0.25, -0.2) is 0 Å². The summed E-state index contributed by atoms with van der Waals surface area (Å²) in [5.74, 6) is 0.486. The molecule has 1 atom stereocenters. The minimum Gasteiger partial charge on any atom is -0.275 e. The van der Waals surface area contributed by atoms with Gasteiger partial charge in [-0.05, 0) is 32.1 Å². The number of aryl methyl sites for hydroxylation is 1. The lowest BCUT2D eigenvalue weighted by atomic mass is 10.1. The second-order valence-corrected chi connectivity index (χ2v) is 4.99. The molecule has 0 bridgehead atoms. The highest BCUT2D eigenvalue weighted by Gasteiger charge is 2.14. The number of hydrazone groups is 1. The van der Waals surface area contributed by atoms with Crippen LogP contribution in [0.4, 0.5) is 0 Å². The molecule has 0 spiro atoms. The molecule has 19 heavy (non-hydrogen) atoms. The highest BCUT2D eigenvalue weighted by Crippen LogP contribution is 2.17. The molecule has 5 nitrogen and oxygen atoms in total. The SMILES string of the molecule is C=N/C=N\N(/C=C(\C)c1cnn(C)c1)[C@H](C)C(C)C. The molecular weight excluding hydrogens is 238 g/mol. The van der Waals surface area contributed by atoms with Gasteiger partial charge >= 0.3 is 0 Å². The van der Waals surface area contributed by atoms with E-state index in [2.05, 4.69) is 42.7 Å². The molecule has 0 aliphatic heterocycles. The lowest BCUT2D eigenvalue weighted by molar-refractivity contribution is 0.248. The van der Waals surface area contributed by atoms with Gasteiger partial charge in [-0.15, -0.1) is 0 Å².